The van der Waals surface area contributed by atoms with Gasteiger partial charge in [-0.3, -0.25) is 4.98 Å². The quantitative estimate of drug-likeness (QED) is 0.927. The summed E-state index contributed by atoms with van der Waals surface area (Å²) in [6, 6.07) is 7.38. The van der Waals surface area contributed by atoms with Crippen LogP contribution in [0.1, 0.15) is 48.2 Å². The first-order valence-corrected chi connectivity index (χ1v) is 7.45. The van der Waals surface area contributed by atoms with Gasteiger partial charge in [-0.25, -0.2) is 4.79 Å². The highest BCUT2D eigenvalue weighted by atomic mass is 16.5. The highest BCUT2D eigenvalue weighted by molar-refractivity contribution is 5.95. The highest BCUT2D eigenvalue weighted by Crippen LogP contribution is 2.30. The molecule has 0 unspecified atom stereocenters. The molecule has 1 aliphatic carbocycles. The molecule has 0 aliphatic heterocycles. The fourth-order valence-electron chi connectivity index (χ4n) is 2.95. The number of carboxylic acids is 1. The van der Waals surface area contributed by atoms with Crippen molar-refractivity contribution in [3.63, 3.8) is 0 Å². The number of nitrogens with zero attached hydrogens (tertiary/aromatic N) is 1. The van der Waals surface area contributed by atoms with Crippen molar-refractivity contribution in [1.29, 1.82) is 0 Å². The number of carboxylic acid groups (broad SMARTS) is 1. The summed E-state index contributed by atoms with van der Waals surface area (Å²) in [5.74, 6) is -0.205. The first-order valence-electron chi connectivity index (χ1n) is 7.45. The Hall–Kier alpha value is -2.10. The van der Waals surface area contributed by atoms with Crippen molar-refractivity contribution in [3.8, 4) is 5.75 Å². The number of aromatic nitrogens is 1. The van der Waals surface area contributed by atoms with E-state index < -0.39 is 5.97 Å². The number of benzene rings is 1. The highest BCUT2D eigenvalue weighted by Gasteiger charge is 2.17. The lowest BCUT2D eigenvalue weighted by Crippen LogP contribution is -2.19. The van der Waals surface area contributed by atoms with Gasteiger partial charge in [0.15, 0.2) is 0 Å². The summed E-state index contributed by atoms with van der Waals surface area (Å²) in [6.45, 7) is 1.72. The average Bonchev–Trinajstić information content (AvgIpc) is 2.47. The molecule has 1 aliphatic rings. The molecule has 0 radical (unpaired) electrons. The van der Waals surface area contributed by atoms with Crippen LogP contribution in [0.3, 0.4) is 0 Å². The number of aromatic carboxylic acids is 1. The van der Waals surface area contributed by atoms with Gasteiger partial charge < -0.3 is 9.84 Å². The zero-order valence-corrected chi connectivity index (χ0v) is 12.1. The first kappa shape index (κ1) is 13.9. The van der Waals surface area contributed by atoms with E-state index in [1.165, 1.54) is 19.3 Å². The van der Waals surface area contributed by atoms with Gasteiger partial charge in [0.05, 0.1) is 22.9 Å². The molecule has 3 rings (SSSR count). The van der Waals surface area contributed by atoms with Gasteiger partial charge in [0.25, 0.3) is 0 Å². The SMILES string of the molecule is Cc1nc2cccc(OC3CCCCC3)c2cc1C(=O)O. The van der Waals surface area contributed by atoms with Gasteiger partial charge in [-0.05, 0) is 50.8 Å². The van der Waals surface area contributed by atoms with Crippen LogP contribution in [0.4, 0.5) is 0 Å². The molecule has 4 nitrogen and oxygen atoms in total. The predicted octanol–water partition coefficient (Wildman–Crippen LogP) is 3.95. The van der Waals surface area contributed by atoms with Crippen LogP contribution in [0.15, 0.2) is 24.3 Å². The molecular weight excluding hydrogens is 266 g/mol. The molecule has 1 aromatic carbocycles. The third kappa shape index (κ3) is 2.84. The lowest BCUT2D eigenvalue weighted by molar-refractivity contribution is 0.0696. The van der Waals surface area contributed by atoms with Gasteiger partial charge in [0.1, 0.15) is 5.75 Å². The molecule has 1 heterocycles. The Morgan fingerprint density at radius 1 is 1.29 bits per heavy atom. The largest absolute Gasteiger partial charge is 0.490 e. The van der Waals surface area contributed by atoms with Crippen LogP contribution in [0.5, 0.6) is 5.75 Å². The Kier molecular flexibility index (Phi) is 3.78. The van der Waals surface area contributed by atoms with E-state index in [-0.39, 0.29) is 11.7 Å². The zero-order valence-electron chi connectivity index (χ0n) is 12.1. The second-order valence-electron chi connectivity index (χ2n) is 5.63. The molecule has 4 heteroatoms. The molecule has 21 heavy (non-hydrogen) atoms. The summed E-state index contributed by atoms with van der Waals surface area (Å²) in [6.07, 6.45) is 6.06. The van der Waals surface area contributed by atoms with Gasteiger partial charge >= 0.3 is 5.97 Å². The molecule has 1 saturated carbocycles. The second kappa shape index (κ2) is 5.72. The number of ether oxygens (including phenoxy) is 1. The van der Waals surface area contributed by atoms with Gasteiger partial charge in [-0.2, -0.15) is 0 Å². The number of hydrogen-bond donors (Lipinski definition) is 1. The minimum atomic E-state index is -0.950. The maximum Gasteiger partial charge on any atom is 0.337 e. The van der Waals surface area contributed by atoms with Crippen LogP contribution in [0, 0.1) is 6.92 Å². The summed E-state index contributed by atoms with van der Waals surface area (Å²) < 4.78 is 6.11. The van der Waals surface area contributed by atoms with Gasteiger partial charge in [-0.15, -0.1) is 0 Å². The molecule has 0 saturated heterocycles. The topological polar surface area (TPSA) is 59.4 Å². The van der Waals surface area contributed by atoms with Gasteiger partial charge in [0, 0.05) is 5.39 Å². The van der Waals surface area contributed by atoms with Crippen molar-refractivity contribution in [2.45, 2.75) is 45.1 Å². The molecule has 0 atom stereocenters. The minimum Gasteiger partial charge on any atom is -0.490 e. The number of rotatable bonds is 3. The molecule has 110 valence electrons. The predicted molar refractivity (Wildman–Crippen MR) is 80.9 cm³/mol. The summed E-state index contributed by atoms with van der Waals surface area (Å²) in [4.78, 5) is 15.7. The third-order valence-corrected chi connectivity index (χ3v) is 4.09. The molecule has 1 aromatic heterocycles. The monoisotopic (exact) mass is 285 g/mol. The van der Waals surface area contributed by atoms with Crippen molar-refractivity contribution in [2.24, 2.45) is 0 Å². The van der Waals surface area contributed by atoms with Crippen LogP contribution < -0.4 is 4.74 Å². The van der Waals surface area contributed by atoms with Crippen molar-refractivity contribution in [2.75, 3.05) is 0 Å². The Balaban J connectivity index is 2.01. The van der Waals surface area contributed by atoms with E-state index in [1.54, 1.807) is 13.0 Å². The number of pyridine rings is 1. The summed E-state index contributed by atoms with van der Waals surface area (Å²) in [7, 11) is 0. The van der Waals surface area contributed by atoms with Crippen molar-refractivity contribution < 1.29 is 14.6 Å². The minimum absolute atomic E-state index is 0.235. The zero-order chi connectivity index (χ0) is 14.8. The molecule has 0 bridgehead atoms. The number of carbonyl (C=O) groups is 1. The van der Waals surface area contributed by atoms with E-state index in [0.717, 1.165) is 29.5 Å². The van der Waals surface area contributed by atoms with E-state index in [4.69, 9.17) is 4.74 Å². The average molecular weight is 285 g/mol. The van der Waals surface area contributed by atoms with E-state index in [2.05, 4.69) is 4.98 Å². The summed E-state index contributed by atoms with van der Waals surface area (Å²) in [5.41, 5.74) is 1.55. The van der Waals surface area contributed by atoms with Crippen LogP contribution in [-0.2, 0) is 0 Å². The Bertz CT molecular complexity index is 675. The van der Waals surface area contributed by atoms with Gasteiger partial charge in [-0.1, -0.05) is 12.5 Å². The number of fused-ring (bicyclic) bond motifs is 1. The normalized spacial score (nSPS) is 16.0. The van der Waals surface area contributed by atoms with E-state index >= 15 is 0 Å². The lowest BCUT2D eigenvalue weighted by Gasteiger charge is -2.23. The van der Waals surface area contributed by atoms with Crippen LogP contribution in [-0.4, -0.2) is 22.2 Å². The van der Waals surface area contributed by atoms with E-state index in [0.29, 0.717) is 5.69 Å². The fourth-order valence-corrected chi connectivity index (χ4v) is 2.95. The first-order chi connectivity index (χ1) is 10.1. The fraction of sp³-hybridized carbons (Fsp3) is 0.412. The number of aryl methyl sites for hydroxylation is 1. The smallest absolute Gasteiger partial charge is 0.337 e. The molecule has 1 N–H and O–H groups in total. The van der Waals surface area contributed by atoms with Crippen molar-refractivity contribution in [1.82, 2.24) is 4.98 Å². The van der Waals surface area contributed by atoms with Crippen LogP contribution in [0.25, 0.3) is 10.9 Å². The molecular formula is C17H19NO3. The molecule has 0 amide bonds. The second-order valence-corrected chi connectivity index (χ2v) is 5.63. The lowest BCUT2D eigenvalue weighted by atomic mass is 9.97. The standard InChI is InChI=1S/C17H19NO3/c1-11-13(17(19)20)10-14-15(18-11)8-5-9-16(14)21-12-6-3-2-4-7-12/h5,8-10,12H,2-4,6-7H2,1H3,(H,19,20). The van der Waals surface area contributed by atoms with Crippen molar-refractivity contribution in [3.05, 3.63) is 35.5 Å². The summed E-state index contributed by atoms with van der Waals surface area (Å²) in [5, 5.41) is 10.0. The Morgan fingerprint density at radius 3 is 2.76 bits per heavy atom. The van der Waals surface area contributed by atoms with Crippen molar-refractivity contribution >= 4 is 16.9 Å². The van der Waals surface area contributed by atoms with E-state index in [1.807, 2.05) is 18.2 Å². The summed E-state index contributed by atoms with van der Waals surface area (Å²) >= 11 is 0. The maximum absolute atomic E-state index is 11.3. The van der Waals surface area contributed by atoms with Crippen LogP contribution in [0.2, 0.25) is 0 Å². The Labute approximate surface area is 123 Å². The van der Waals surface area contributed by atoms with Crippen LogP contribution >= 0.6 is 0 Å². The Morgan fingerprint density at radius 2 is 2.05 bits per heavy atom. The maximum atomic E-state index is 11.3. The number of hydrogen-bond acceptors (Lipinski definition) is 3. The third-order valence-electron chi connectivity index (χ3n) is 4.09. The molecule has 1 fully saturated rings. The molecule has 2 aromatic rings. The molecule has 0 spiro atoms. The van der Waals surface area contributed by atoms with E-state index in [9.17, 15) is 9.90 Å². The van der Waals surface area contributed by atoms with Gasteiger partial charge in [0.2, 0.25) is 0 Å².